The molecule has 0 spiro atoms. The normalized spacial score (nSPS) is 15.1. The van der Waals surface area contributed by atoms with Crippen molar-refractivity contribution in [2.24, 2.45) is 11.5 Å². The van der Waals surface area contributed by atoms with Gasteiger partial charge in [-0.25, -0.2) is 0 Å². The molecular weight excluding hydrogens is 508 g/mol. The molecule has 0 bridgehead atoms. The van der Waals surface area contributed by atoms with Crippen LogP contribution in [0.3, 0.4) is 0 Å². The van der Waals surface area contributed by atoms with Gasteiger partial charge in [-0.05, 0) is 78.1 Å². The summed E-state index contributed by atoms with van der Waals surface area (Å²) in [7, 11) is 0. The fourth-order valence-corrected chi connectivity index (χ4v) is 6.05. The Balaban J connectivity index is 3.62. The second-order valence-electron chi connectivity index (χ2n) is 14.2. The Kier molecular flexibility index (Phi) is 30.0. The topological polar surface area (TPSA) is 52.0 Å². The van der Waals surface area contributed by atoms with Crippen molar-refractivity contribution in [3.8, 4) is 0 Å². The van der Waals surface area contributed by atoms with Crippen LogP contribution in [-0.2, 0) is 0 Å². The predicted octanol–water partition coefficient (Wildman–Crippen LogP) is 13.3. The fourth-order valence-electron chi connectivity index (χ4n) is 6.05. The molecule has 42 heavy (non-hydrogen) atoms. The van der Waals surface area contributed by atoms with Crippen LogP contribution in [-0.4, -0.2) is 11.1 Å². The molecule has 0 rings (SSSR count). The summed E-state index contributed by atoms with van der Waals surface area (Å²) >= 11 is 0. The minimum absolute atomic E-state index is 0.268. The molecule has 0 heterocycles. The summed E-state index contributed by atoms with van der Waals surface area (Å²) in [5, 5.41) is 0. The van der Waals surface area contributed by atoms with Crippen molar-refractivity contribution >= 4 is 0 Å². The molecule has 0 aromatic carbocycles. The Morgan fingerprint density at radius 1 is 0.333 bits per heavy atom. The van der Waals surface area contributed by atoms with E-state index in [4.69, 9.17) is 11.5 Å². The molecule has 2 atom stereocenters. The van der Waals surface area contributed by atoms with E-state index in [0.29, 0.717) is 0 Å². The first-order valence-corrected chi connectivity index (χ1v) is 19.2. The van der Waals surface area contributed by atoms with Crippen LogP contribution in [0.1, 0.15) is 220 Å². The minimum atomic E-state index is -0.268. The van der Waals surface area contributed by atoms with Gasteiger partial charge in [-0.15, -0.1) is 0 Å². The molecule has 0 aromatic rings. The van der Waals surface area contributed by atoms with Gasteiger partial charge in [0.15, 0.2) is 0 Å². The average Bonchev–Trinajstić information content (AvgIpc) is 2.96. The lowest BCUT2D eigenvalue weighted by Crippen LogP contribution is -2.62. The van der Waals surface area contributed by atoms with Crippen molar-refractivity contribution < 1.29 is 0 Å². The van der Waals surface area contributed by atoms with Crippen LogP contribution in [0.15, 0.2) is 24.3 Å². The van der Waals surface area contributed by atoms with Crippen LogP contribution in [0.4, 0.5) is 0 Å². The predicted molar refractivity (Wildman–Crippen MR) is 193 cm³/mol. The lowest BCUT2D eigenvalue weighted by atomic mass is 9.74. The van der Waals surface area contributed by atoms with Crippen LogP contribution in [0, 0.1) is 0 Å². The van der Waals surface area contributed by atoms with E-state index < -0.39 is 0 Å². The first-order chi connectivity index (χ1) is 20.4. The molecule has 0 aromatic heterocycles. The highest BCUT2D eigenvalue weighted by Gasteiger charge is 2.36. The van der Waals surface area contributed by atoms with Crippen molar-refractivity contribution in [1.29, 1.82) is 0 Å². The van der Waals surface area contributed by atoms with E-state index in [9.17, 15) is 0 Å². The second kappa shape index (κ2) is 30.4. The van der Waals surface area contributed by atoms with E-state index >= 15 is 0 Å². The Morgan fingerprint density at radius 3 is 0.810 bits per heavy atom. The number of rotatable bonds is 33. The van der Waals surface area contributed by atoms with Crippen LogP contribution >= 0.6 is 0 Å². The summed E-state index contributed by atoms with van der Waals surface area (Å²) in [5.41, 5.74) is 13.0. The summed E-state index contributed by atoms with van der Waals surface area (Å²) in [4.78, 5) is 0. The molecule has 0 amide bonds. The van der Waals surface area contributed by atoms with Crippen molar-refractivity contribution in [1.82, 2.24) is 0 Å². The Hall–Kier alpha value is -0.600. The minimum Gasteiger partial charge on any atom is -0.324 e. The zero-order valence-electron chi connectivity index (χ0n) is 29.7. The second-order valence-corrected chi connectivity index (χ2v) is 14.2. The van der Waals surface area contributed by atoms with Gasteiger partial charge < -0.3 is 11.5 Å². The molecule has 2 unspecified atom stereocenters. The first-order valence-electron chi connectivity index (χ1n) is 19.2. The van der Waals surface area contributed by atoms with Gasteiger partial charge in [0.25, 0.3) is 0 Å². The summed E-state index contributed by atoms with van der Waals surface area (Å²) in [6.45, 7) is 8.98. The largest absolute Gasteiger partial charge is 0.324 e. The Bertz CT molecular complexity index is 536. The van der Waals surface area contributed by atoms with E-state index in [1.165, 1.54) is 180 Å². The lowest BCUT2D eigenvalue weighted by molar-refractivity contribution is 0.217. The van der Waals surface area contributed by atoms with Crippen molar-refractivity contribution in [2.75, 3.05) is 0 Å². The fraction of sp³-hybridized carbons (Fsp3) is 0.900. The number of unbranched alkanes of at least 4 members (excludes halogenated alkanes) is 24. The zero-order chi connectivity index (χ0) is 31.0. The molecule has 0 radical (unpaired) electrons. The first kappa shape index (κ1) is 41.4. The molecule has 0 saturated carbocycles. The maximum atomic E-state index is 6.78. The summed E-state index contributed by atoms with van der Waals surface area (Å²) in [5.74, 6) is 0. The van der Waals surface area contributed by atoms with Gasteiger partial charge in [-0.1, -0.05) is 167 Å². The number of hydrogen-bond donors (Lipinski definition) is 2. The highest BCUT2D eigenvalue weighted by atomic mass is 14.9. The van der Waals surface area contributed by atoms with Crippen LogP contribution < -0.4 is 11.5 Å². The smallest absolute Gasteiger partial charge is 0.0305 e. The van der Waals surface area contributed by atoms with Crippen LogP contribution in [0.2, 0.25) is 0 Å². The van der Waals surface area contributed by atoms with Gasteiger partial charge in [0.1, 0.15) is 0 Å². The van der Waals surface area contributed by atoms with Gasteiger partial charge in [0.05, 0.1) is 0 Å². The van der Waals surface area contributed by atoms with E-state index in [1.807, 2.05) is 0 Å². The summed E-state index contributed by atoms with van der Waals surface area (Å²) in [6.07, 6.45) is 49.5. The third-order valence-corrected chi connectivity index (χ3v) is 9.72. The molecule has 250 valence electrons. The summed E-state index contributed by atoms with van der Waals surface area (Å²) < 4.78 is 0. The molecular formula is C40H80N2. The van der Waals surface area contributed by atoms with Gasteiger partial charge in [-0.3, -0.25) is 0 Å². The molecule has 2 nitrogen and oxygen atoms in total. The van der Waals surface area contributed by atoms with E-state index in [1.54, 1.807) is 0 Å². The lowest BCUT2D eigenvalue weighted by Gasteiger charge is -2.41. The van der Waals surface area contributed by atoms with Crippen LogP contribution in [0.25, 0.3) is 0 Å². The van der Waals surface area contributed by atoms with Crippen molar-refractivity contribution in [3.05, 3.63) is 24.3 Å². The molecule has 2 heteroatoms. The molecule has 0 aliphatic carbocycles. The number of nitrogens with two attached hydrogens (primary N) is 2. The average molecular weight is 589 g/mol. The van der Waals surface area contributed by atoms with Crippen molar-refractivity contribution in [2.45, 2.75) is 231 Å². The van der Waals surface area contributed by atoms with Gasteiger partial charge in [0.2, 0.25) is 0 Å². The van der Waals surface area contributed by atoms with Crippen LogP contribution in [0.5, 0.6) is 0 Å². The summed E-state index contributed by atoms with van der Waals surface area (Å²) in [6, 6.07) is 0. The third-order valence-electron chi connectivity index (χ3n) is 9.72. The molecule has 4 N–H and O–H groups in total. The SMILES string of the molecule is CCCCCCCC/C=C\CCCCCCCCC(C)(N)C(C)(N)CCCCCCCC/C=C\CCCCCCCC. The molecule has 0 aliphatic rings. The number of allylic oxidation sites excluding steroid dienone is 4. The van der Waals surface area contributed by atoms with E-state index in [2.05, 4.69) is 52.0 Å². The maximum absolute atomic E-state index is 6.78. The number of hydrogen-bond acceptors (Lipinski definition) is 2. The van der Waals surface area contributed by atoms with E-state index in [-0.39, 0.29) is 11.1 Å². The highest BCUT2D eigenvalue weighted by molar-refractivity contribution is 5.01. The molecule has 0 fully saturated rings. The monoisotopic (exact) mass is 589 g/mol. The third kappa shape index (κ3) is 27.0. The zero-order valence-corrected chi connectivity index (χ0v) is 29.7. The highest BCUT2D eigenvalue weighted by Crippen LogP contribution is 2.28. The standard InChI is InChI=1S/C40H80N2/c1-5-7-9-11-13-15-17-19-21-23-25-27-29-31-33-35-37-39(3,41)40(4,42)38-36-34-32-30-28-26-24-22-20-18-16-14-12-10-8-6-2/h19-22H,5-18,23-38,41-42H2,1-4H3/b21-19-,22-20-. The molecule has 0 aliphatic heterocycles. The molecule has 0 saturated heterocycles. The quantitative estimate of drug-likeness (QED) is 0.0591. The Labute approximate surface area is 266 Å². The van der Waals surface area contributed by atoms with E-state index in [0.717, 1.165) is 12.8 Å². The Morgan fingerprint density at radius 2 is 0.548 bits per heavy atom. The van der Waals surface area contributed by atoms with Crippen molar-refractivity contribution in [3.63, 3.8) is 0 Å². The van der Waals surface area contributed by atoms with Gasteiger partial charge in [-0.2, -0.15) is 0 Å². The maximum Gasteiger partial charge on any atom is 0.0305 e. The van der Waals surface area contributed by atoms with Gasteiger partial charge >= 0.3 is 0 Å². The van der Waals surface area contributed by atoms with Gasteiger partial charge in [0, 0.05) is 11.1 Å².